The van der Waals surface area contributed by atoms with Gasteiger partial charge in [-0.15, -0.1) is 0 Å². The van der Waals surface area contributed by atoms with Crippen molar-refractivity contribution in [2.24, 2.45) is 0 Å². The van der Waals surface area contributed by atoms with Crippen molar-refractivity contribution >= 4 is 16.7 Å². The highest BCUT2D eigenvalue weighted by atomic mass is 19.1. The van der Waals surface area contributed by atoms with Crippen LogP contribution in [0.15, 0.2) is 48.7 Å². The van der Waals surface area contributed by atoms with E-state index in [9.17, 15) is 9.50 Å². The van der Waals surface area contributed by atoms with Gasteiger partial charge in [-0.3, -0.25) is 0 Å². The molecule has 0 amide bonds. The van der Waals surface area contributed by atoms with E-state index in [1.165, 1.54) is 0 Å². The van der Waals surface area contributed by atoms with E-state index in [4.69, 9.17) is 10.5 Å². The first-order valence-corrected chi connectivity index (χ1v) is 7.15. The lowest BCUT2D eigenvalue weighted by Crippen LogP contribution is -2.19. The first-order chi connectivity index (χ1) is 11.2. The Hall–Kier alpha value is -2.73. The molecule has 0 saturated heterocycles. The zero-order chi connectivity index (χ0) is 16.2. The summed E-state index contributed by atoms with van der Waals surface area (Å²) in [5, 5.41) is 10.1. The molecule has 0 fully saturated rings. The Morgan fingerprint density at radius 1 is 1.17 bits per heavy atom. The third-order valence-electron chi connectivity index (χ3n) is 3.36. The normalized spacial score (nSPS) is 12.3. The van der Waals surface area contributed by atoms with Crippen LogP contribution >= 0.6 is 0 Å². The zero-order valence-corrected chi connectivity index (χ0v) is 12.3. The largest absolute Gasteiger partial charge is 0.491 e. The van der Waals surface area contributed by atoms with Crippen molar-refractivity contribution in [3.05, 3.63) is 48.7 Å². The summed E-state index contributed by atoms with van der Waals surface area (Å²) in [6.45, 7) is -0.904. The number of nitrogens with zero attached hydrogens (tertiary/aromatic N) is 2. The van der Waals surface area contributed by atoms with Crippen LogP contribution in [0.2, 0.25) is 0 Å². The highest BCUT2D eigenvalue weighted by Gasteiger charge is 2.06. The number of rotatable bonds is 5. The summed E-state index contributed by atoms with van der Waals surface area (Å²) >= 11 is 0. The second-order valence-electron chi connectivity index (χ2n) is 5.14. The van der Waals surface area contributed by atoms with E-state index >= 15 is 0 Å². The lowest BCUT2D eigenvalue weighted by Gasteiger charge is -2.10. The number of aliphatic hydroxyl groups excluding tert-OH is 1. The average Bonchev–Trinajstić information content (AvgIpc) is 2.59. The Kier molecular flexibility index (Phi) is 4.34. The van der Waals surface area contributed by atoms with Crippen LogP contribution in [0.4, 0.5) is 10.2 Å². The van der Waals surface area contributed by atoms with Gasteiger partial charge in [-0.25, -0.2) is 14.4 Å². The van der Waals surface area contributed by atoms with Crippen molar-refractivity contribution in [2.75, 3.05) is 19.0 Å². The van der Waals surface area contributed by atoms with Gasteiger partial charge >= 0.3 is 0 Å². The molecule has 2 aromatic heterocycles. The predicted molar refractivity (Wildman–Crippen MR) is 86.9 cm³/mol. The van der Waals surface area contributed by atoms with Crippen LogP contribution in [-0.2, 0) is 0 Å². The lowest BCUT2D eigenvalue weighted by molar-refractivity contribution is 0.0842. The maximum atomic E-state index is 12.2. The Bertz CT molecular complexity index is 809. The van der Waals surface area contributed by atoms with Crippen molar-refractivity contribution in [2.45, 2.75) is 6.10 Å². The maximum absolute atomic E-state index is 12.2. The summed E-state index contributed by atoms with van der Waals surface area (Å²) in [4.78, 5) is 8.64. The second kappa shape index (κ2) is 6.58. The second-order valence-corrected chi connectivity index (χ2v) is 5.14. The Balaban J connectivity index is 1.85. The average molecular weight is 313 g/mol. The van der Waals surface area contributed by atoms with E-state index in [-0.39, 0.29) is 6.61 Å². The van der Waals surface area contributed by atoms with E-state index < -0.39 is 12.8 Å². The SMILES string of the molecule is Nc1ccc(-c2ccc3cc(OCC(O)CF)ccc3n2)cn1. The molecule has 2 heterocycles. The number of hydrogen-bond donors (Lipinski definition) is 2. The minimum atomic E-state index is -1.11. The van der Waals surface area contributed by atoms with Crippen LogP contribution in [0.25, 0.3) is 22.2 Å². The number of nitrogen functional groups attached to an aromatic ring is 1. The molecule has 0 bridgehead atoms. The molecule has 0 radical (unpaired) electrons. The number of aromatic nitrogens is 2. The highest BCUT2D eigenvalue weighted by Crippen LogP contribution is 2.24. The number of alkyl halides is 1. The van der Waals surface area contributed by atoms with Gasteiger partial charge in [-0.05, 0) is 36.4 Å². The highest BCUT2D eigenvalue weighted by molar-refractivity contribution is 5.82. The summed E-state index contributed by atoms with van der Waals surface area (Å²) < 4.78 is 17.6. The molecular weight excluding hydrogens is 297 g/mol. The van der Waals surface area contributed by atoms with Gasteiger partial charge in [-0.2, -0.15) is 0 Å². The monoisotopic (exact) mass is 313 g/mol. The molecule has 0 aliphatic rings. The minimum absolute atomic E-state index is 0.0787. The van der Waals surface area contributed by atoms with E-state index in [2.05, 4.69) is 9.97 Å². The molecule has 0 spiro atoms. The van der Waals surface area contributed by atoms with Crippen molar-refractivity contribution in [1.29, 1.82) is 0 Å². The fraction of sp³-hybridized carbons (Fsp3) is 0.176. The molecule has 6 heteroatoms. The molecular formula is C17H16FN3O2. The Morgan fingerprint density at radius 2 is 2.04 bits per heavy atom. The molecule has 3 rings (SSSR count). The van der Waals surface area contributed by atoms with E-state index in [1.807, 2.05) is 24.3 Å². The summed E-state index contributed by atoms with van der Waals surface area (Å²) in [6.07, 6.45) is 0.573. The van der Waals surface area contributed by atoms with Crippen molar-refractivity contribution in [3.8, 4) is 17.0 Å². The fourth-order valence-corrected chi connectivity index (χ4v) is 2.15. The molecule has 0 aliphatic carbocycles. The molecule has 3 aromatic rings. The molecule has 1 aromatic carbocycles. The van der Waals surface area contributed by atoms with Gasteiger partial charge in [0.2, 0.25) is 0 Å². The molecule has 1 unspecified atom stereocenters. The molecule has 1 atom stereocenters. The standard InChI is InChI=1S/C17H16FN3O2/c18-8-13(22)10-23-14-3-5-15-11(7-14)1-4-16(21-15)12-2-6-17(19)20-9-12/h1-7,9,13,22H,8,10H2,(H2,19,20). The molecule has 0 saturated carbocycles. The fourth-order valence-electron chi connectivity index (χ4n) is 2.15. The molecule has 118 valence electrons. The van der Waals surface area contributed by atoms with Gasteiger partial charge in [0.1, 0.15) is 31.0 Å². The molecule has 23 heavy (non-hydrogen) atoms. The van der Waals surface area contributed by atoms with Gasteiger partial charge in [0, 0.05) is 17.1 Å². The number of nitrogens with two attached hydrogens (primary N) is 1. The van der Waals surface area contributed by atoms with E-state index in [1.54, 1.807) is 24.4 Å². The first kappa shape index (κ1) is 15.2. The number of fused-ring (bicyclic) bond motifs is 1. The van der Waals surface area contributed by atoms with Crippen molar-refractivity contribution in [3.63, 3.8) is 0 Å². The number of halogens is 1. The summed E-state index contributed by atoms with van der Waals surface area (Å²) in [6, 6.07) is 12.8. The van der Waals surface area contributed by atoms with Gasteiger partial charge in [-0.1, -0.05) is 6.07 Å². The third kappa shape index (κ3) is 3.54. The first-order valence-electron chi connectivity index (χ1n) is 7.15. The minimum Gasteiger partial charge on any atom is -0.491 e. The van der Waals surface area contributed by atoms with Crippen LogP contribution in [-0.4, -0.2) is 34.5 Å². The predicted octanol–water partition coefficient (Wildman–Crippen LogP) is 2.59. The number of hydrogen-bond acceptors (Lipinski definition) is 5. The quantitative estimate of drug-likeness (QED) is 0.756. The molecule has 3 N–H and O–H groups in total. The summed E-state index contributed by atoms with van der Waals surface area (Å²) in [5.41, 5.74) is 8.07. The molecule has 0 aliphatic heterocycles. The van der Waals surface area contributed by atoms with Crippen LogP contribution in [0.1, 0.15) is 0 Å². The zero-order valence-electron chi connectivity index (χ0n) is 12.3. The van der Waals surface area contributed by atoms with Crippen LogP contribution in [0, 0.1) is 0 Å². The van der Waals surface area contributed by atoms with Gasteiger partial charge in [0.15, 0.2) is 0 Å². The van der Waals surface area contributed by atoms with Crippen molar-refractivity contribution in [1.82, 2.24) is 9.97 Å². The van der Waals surface area contributed by atoms with Crippen LogP contribution in [0.5, 0.6) is 5.75 Å². The van der Waals surface area contributed by atoms with Crippen LogP contribution in [0.3, 0.4) is 0 Å². The van der Waals surface area contributed by atoms with E-state index in [0.29, 0.717) is 11.6 Å². The lowest BCUT2D eigenvalue weighted by atomic mass is 10.1. The van der Waals surface area contributed by atoms with E-state index in [0.717, 1.165) is 22.2 Å². The van der Waals surface area contributed by atoms with Gasteiger partial charge in [0.25, 0.3) is 0 Å². The number of anilines is 1. The smallest absolute Gasteiger partial charge is 0.123 e. The number of ether oxygens (including phenoxy) is 1. The number of pyridine rings is 2. The number of benzene rings is 1. The Morgan fingerprint density at radius 3 is 2.78 bits per heavy atom. The third-order valence-corrected chi connectivity index (χ3v) is 3.36. The summed E-state index contributed by atoms with van der Waals surface area (Å²) in [5.74, 6) is 1.03. The van der Waals surface area contributed by atoms with Crippen molar-refractivity contribution < 1.29 is 14.2 Å². The van der Waals surface area contributed by atoms with Gasteiger partial charge in [0.05, 0.1) is 11.2 Å². The molecule has 5 nitrogen and oxygen atoms in total. The topological polar surface area (TPSA) is 81.3 Å². The Labute approximate surface area is 132 Å². The number of aliphatic hydroxyl groups is 1. The van der Waals surface area contributed by atoms with Gasteiger partial charge < -0.3 is 15.6 Å². The van der Waals surface area contributed by atoms with Crippen LogP contribution < -0.4 is 10.5 Å². The maximum Gasteiger partial charge on any atom is 0.123 e. The summed E-state index contributed by atoms with van der Waals surface area (Å²) in [7, 11) is 0.